The molecule has 0 unspecified atom stereocenters. The van der Waals surface area contributed by atoms with E-state index in [1.165, 1.54) is 31.4 Å². The van der Waals surface area contributed by atoms with Crippen LogP contribution >= 0.6 is 15.9 Å². The number of benzene rings is 4. The first-order valence-electron chi connectivity index (χ1n) is 14.7. The molecule has 46 heavy (non-hydrogen) atoms. The Balaban J connectivity index is 0.000000255. The number of nitrogen functional groups attached to an aromatic ring is 2. The average molecular weight is 696 g/mol. The largest absolute Gasteiger partial charge is 0.497 e. The number of halogens is 1. The molecule has 4 aromatic rings. The molecule has 0 heterocycles. The highest BCUT2D eigenvalue weighted by Gasteiger charge is 2.19. The van der Waals surface area contributed by atoms with Crippen molar-refractivity contribution in [2.45, 2.75) is 52.4 Å². The first kappa shape index (κ1) is 38.3. The lowest BCUT2D eigenvalue weighted by Crippen LogP contribution is -2.31. The standard InChI is InChI=1S/C18H23NO2.C10H14BrN.C8H11BO4/c1-18(2,3)12-6-8-16(19)14(10-12)15-11-13(20-4)7-9-17(15)21-5;1-10(2,3)7-4-5-9(12)8(11)6-7;1-12-6-3-4-8(13-2)7(5-6)9(10)11/h6-11H,19H2,1-5H3;4-6H,12H2,1-3H3;3-5,10-11H,1-2H3. The highest BCUT2D eigenvalue weighted by Crippen LogP contribution is 2.38. The van der Waals surface area contributed by atoms with Crippen molar-refractivity contribution in [3.05, 3.63) is 88.4 Å². The third kappa shape index (κ3) is 10.6. The van der Waals surface area contributed by atoms with Crippen molar-refractivity contribution in [1.82, 2.24) is 0 Å². The number of hydrogen-bond donors (Lipinski definition) is 4. The van der Waals surface area contributed by atoms with Gasteiger partial charge in [-0.25, -0.2) is 0 Å². The second-order valence-corrected chi connectivity index (χ2v) is 13.4. The fourth-order valence-corrected chi connectivity index (χ4v) is 4.69. The predicted octanol–water partition coefficient (Wildman–Crippen LogP) is 6.96. The molecule has 0 radical (unpaired) electrons. The number of anilines is 2. The van der Waals surface area contributed by atoms with E-state index >= 15 is 0 Å². The maximum absolute atomic E-state index is 8.98. The summed E-state index contributed by atoms with van der Waals surface area (Å²) in [7, 11) is 4.74. The molecular weight excluding hydrogens is 647 g/mol. The van der Waals surface area contributed by atoms with E-state index in [1.807, 2.05) is 30.3 Å². The van der Waals surface area contributed by atoms with Crippen LogP contribution in [0.2, 0.25) is 0 Å². The summed E-state index contributed by atoms with van der Waals surface area (Å²) in [5.74, 6) is 2.56. The monoisotopic (exact) mass is 694 g/mol. The van der Waals surface area contributed by atoms with E-state index in [-0.39, 0.29) is 10.8 Å². The van der Waals surface area contributed by atoms with Crippen molar-refractivity contribution in [3.8, 4) is 34.1 Å². The molecule has 6 N–H and O–H groups in total. The van der Waals surface area contributed by atoms with Gasteiger partial charge in [0.2, 0.25) is 0 Å². The topological polar surface area (TPSA) is 129 Å². The highest BCUT2D eigenvalue weighted by atomic mass is 79.9. The van der Waals surface area contributed by atoms with E-state index in [9.17, 15) is 0 Å². The highest BCUT2D eigenvalue weighted by molar-refractivity contribution is 9.10. The van der Waals surface area contributed by atoms with Crippen LogP contribution < -0.4 is 35.9 Å². The van der Waals surface area contributed by atoms with Gasteiger partial charge in [-0.05, 0) is 98.6 Å². The Labute approximate surface area is 282 Å². The van der Waals surface area contributed by atoms with Crippen LogP contribution in [0.25, 0.3) is 11.1 Å². The van der Waals surface area contributed by atoms with Crippen LogP contribution in [0, 0.1) is 0 Å². The van der Waals surface area contributed by atoms with Gasteiger partial charge in [0, 0.05) is 32.4 Å². The molecule has 4 aromatic carbocycles. The van der Waals surface area contributed by atoms with Crippen LogP contribution in [-0.4, -0.2) is 45.6 Å². The Morgan fingerprint density at radius 3 is 1.50 bits per heavy atom. The summed E-state index contributed by atoms with van der Waals surface area (Å²) in [6.07, 6.45) is 0. The third-order valence-corrected chi connectivity index (χ3v) is 7.88. The number of methoxy groups -OCH3 is 4. The second kappa shape index (κ2) is 16.6. The van der Waals surface area contributed by atoms with Gasteiger partial charge in [-0.2, -0.15) is 0 Å². The normalized spacial score (nSPS) is 10.9. The molecule has 0 aliphatic heterocycles. The number of rotatable bonds is 6. The molecule has 0 atom stereocenters. The quantitative estimate of drug-likeness (QED) is 0.126. The van der Waals surface area contributed by atoms with E-state index in [2.05, 4.69) is 81.7 Å². The molecule has 0 aliphatic rings. The van der Waals surface area contributed by atoms with Crippen molar-refractivity contribution in [2.75, 3.05) is 39.9 Å². The van der Waals surface area contributed by atoms with Crippen LogP contribution in [0.4, 0.5) is 11.4 Å². The van der Waals surface area contributed by atoms with Crippen molar-refractivity contribution in [1.29, 1.82) is 0 Å². The van der Waals surface area contributed by atoms with Crippen molar-refractivity contribution >= 4 is 39.9 Å². The molecule has 248 valence electrons. The van der Waals surface area contributed by atoms with Gasteiger partial charge in [0.1, 0.15) is 23.0 Å². The van der Waals surface area contributed by atoms with E-state index in [4.69, 9.17) is 40.5 Å². The molecular formula is C36H48BBrN2O6. The summed E-state index contributed by atoms with van der Waals surface area (Å²) >= 11 is 3.41. The molecule has 0 saturated heterocycles. The average Bonchev–Trinajstić information content (AvgIpc) is 3.01. The van der Waals surface area contributed by atoms with Gasteiger partial charge in [-0.1, -0.05) is 53.7 Å². The Morgan fingerprint density at radius 1 is 0.565 bits per heavy atom. The van der Waals surface area contributed by atoms with Gasteiger partial charge < -0.3 is 40.5 Å². The van der Waals surface area contributed by atoms with Crippen LogP contribution in [0.3, 0.4) is 0 Å². The van der Waals surface area contributed by atoms with Crippen molar-refractivity contribution in [2.24, 2.45) is 0 Å². The lowest BCUT2D eigenvalue weighted by atomic mass is 9.79. The van der Waals surface area contributed by atoms with Gasteiger partial charge in [0.05, 0.1) is 28.4 Å². The Morgan fingerprint density at radius 2 is 1.04 bits per heavy atom. The summed E-state index contributed by atoms with van der Waals surface area (Å²) < 4.78 is 21.6. The summed E-state index contributed by atoms with van der Waals surface area (Å²) in [6, 6.07) is 22.8. The molecule has 4 rings (SSSR count). The van der Waals surface area contributed by atoms with Gasteiger partial charge in [-0.3, -0.25) is 0 Å². The Kier molecular flexibility index (Phi) is 13.9. The smallest absolute Gasteiger partial charge is 0.492 e. The lowest BCUT2D eigenvalue weighted by molar-refractivity contribution is 0.395. The molecule has 0 aliphatic carbocycles. The molecule has 0 fully saturated rings. The van der Waals surface area contributed by atoms with E-state index in [1.54, 1.807) is 26.4 Å². The third-order valence-electron chi connectivity index (χ3n) is 7.20. The molecule has 10 heteroatoms. The number of hydrogen-bond acceptors (Lipinski definition) is 8. The molecule has 0 bridgehead atoms. The number of ether oxygens (including phenoxy) is 4. The zero-order chi connectivity index (χ0) is 34.8. The van der Waals surface area contributed by atoms with Gasteiger partial charge in [-0.15, -0.1) is 0 Å². The minimum atomic E-state index is -1.55. The fraction of sp³-hybridized carbons (Fsp3) is 0.333. The molecule has 0 saturated carbocycles. The molecule has 0 aromatic heterocycles. The second-order valence-electron chi connectivity index (χ2n) is 12.6. The van der Waals surface area contributed by atoms with Crippen molar-refractivity contribution < 1.29 is 29.0 Å². The number of nitrogens with two attached hydrogens (primary N) is 2. The summed E-state index contributed by atoms with van der Waals surface area (Å²) in [4.78, 5) is 0. The van der Waals surface area contributed by atoms with E-state index in [0.717, 1.165) is 38.5 Å². The maximum atomic E-state index is 8.98. The minimum Gasteiger partial charge on any atom is -0.497 e. The first-order chi connectivity index (χ1) is 21.5. The van der Waals surface area contributed by atoms with Crippen LogP contribution in [0.5, 0.6) is 23.0 Å². The van der Waals surface area contributed by atoms with Crippen molar-refractivity contribution in [3.63, 3.8) is 0 Å². The zero-order valence-corrected chi connectivity index (χ0v) is 30.2. The van der Waals surface area contributed by atoms with Crippen LogP contribution in [-0.2, 0) is 10.8 Å². The van der Waals surface area contributed by atoms with Gasteiger partial charge in [0.25, 0.3) is 0 Å². The van der Waals surface area contributed by atoms with E-state index < -0.39 is 7.12 Å². The maximum Gasteiger partial charge on any atom is 0.492 e. The van der Waals surface area contributed by atoms with Gasteiger partial charge >= 0.3 is 7.12 Å². The van der Waals surface area contributed by atoms with Crippen LogP contribution in [0.15, 0.2) is 77.3 Å². The fourth-order valence-electron chi connectivity index (χ4n) is 4.32. The predicted molar refractivity (Wildman–Crippen MR) is 195 cm³/mol. The summed E-state index contributed by atoms with van der Waals surface area (Å²) in [5, 5.41) is 18.0. The Hall–Kier alpha value is -3.86. The Bertz CT molecular complexity index is 1580. The zero-order valence-electron chi connectivity index (χ0n) is 28.6. The molecule has 0 amide bonds. The summed E-state index contributed by atoms with van der Waals surface area (Å²) in [5.41, 5.74) is 18.4. The molecule has 0 spiro atoms. The first-order valence-corrected chi connectivity index (χ1v) is 15.5. The minimum absolute atomic E-state index is 0.0640. The SMILES string of the molecule is CC(C)(C)c1ccc(N)c(Br)c1.COc1ccc(OC)c(-c2cc(C(C)(C)C)ccc2N)c1.COc1ccc(OC)c(B(O)O)c1. The van der Waals surface area contributed by atoms with E-state index in [0.29, 0.717) is 17.0 Å². The van der Waals surface area contributed by atoms with Gasteiger partial charge in [0.15, 0.2) is 0 Å². The van der Waals surface area contributed by atoms with Crippen LogP contribution in [0.1, 0.15) is 52.7 Å². The molecule has 8 nitrogen and oxygen atoms in total. The lowest BCUT2D eigenvalue weighted by Gasteiger charge is -2.21. The summed E-state index contributed by atoms with van der Waals surface area (Å²) in [6.45, 7) is 13.1.